The van der Waals surface area contributed by atoms with Crippen molar-refractivity contribution in [2.24, 2.45) is 5.73 Å². The molecule has 0 radical (unpaired) electrons. The Labute approximate surface area is 63.8 Å². The fourth-order valence-electron chi connectivity index (χ4n) is 0.266. The molecule has 0 spiro atoms. The van der Waals surface area contributed by atoms with Crippen molar-refractivity contribution in [3.8, 4) is 0 Å². The standard InChI is InChI=1S/C3H8BNO4S/c5-2(1-10)3(6)9-4(7)8/h2,7-8,10H,1,5H2/t2-/m0/s1. The molecular formula is C3H8BNO4S. The molecule has 58 valence electrons. The second-order valence-corrected chi connectivity index (χ2v) is 1.92. The van der Waals surface area contributed by atoms with Crippen LogP contribution in [0.25, 0.3) is 0 Å². The third-order valence-corrected chi connectivity index (χ3v) is 1.11. The molecule has 0 amide bonds. The molecular weight excluding hydrogens is 157 g/mol. The number of rotatable bonds is 3. The first-order valence-electron chi connectivity index (χ1n) is 2.51. The summed E-state index contributed by atoms with van der Waals surface area (Å²) in [6.07, 6.45) is 0. The summed E-state index contributed by atoms with van der Waals surface area (Å²) in [7, 11) is -2.10. The summed E-state index contributed by atoms with van der Waals surface area (Å²) < 4.78 is 3.90. The van der Waals surface area contributed by atoms with E-state index in [9.17, 15) is 4.79 Å². The normalized spacial score (nSPS) is 12.4. The van der Waals surface area contributed by atoms with Crippen molar-refractivity contribution >= 4 is 25.9 Å². The Balaban J connectivity index is 3.62. The van der Waals surface area contributed by atoms with Crippen molar-refractivity contribution in [2.45, 2.75) is 6.04 Å². The fourth-order valence-corrected chi connectivity index (χ4v) is 0.415. The van der Waals surface area contributed by atoms with Gasteiger partial charge in [0, 0.05) is 5.75 Å². The van der Waals surface area contributed by atoms with Crippen LogP contribution in [-0.4, -0.2) is 35.1 Å². The summed E-state index contributed by atoms with van der Waals surface area (Å²) in [5, 5.41) is 16.2. The van der Waals surface area contributed by atoms with Crippen LogP contribution in [-0.2, 0) is 9.45 Å². The lowest BCUT2D eigenvalue weighted by Gasteiger charge is -2.06. The van der Waals surface area contributed by atoms with Crippen molar-refractivity contribution in [3.05, 3.63) is 0 Å². The van der Waals surface area contributed by atoms with E-state index < -0.39 is 19.3 Å². The van der Waals surface area contributed by atoms with Crippen LogP contribution in [0.3, 0.4) is 0 Å². The molecule has 0 unspecified atom stereocenters. The molecule has 0 aliphatic rings. The quantitative estimate of drug-likeness (QED) is 0.280. The SMILES string of the molecule is N[C@@H](CS)C(=O)OB(O)O. The van der Waals surface area contributed by atoms with Crippen LogP contribution < -0.4 is 5.73 Å². The van der Waals surface area contributed by atoms with Crippen molar-refractivity contribution in [1.29, 1.82) is 0 Å². The van der Waals surface area contributed by atoms with Crippen molar-refractivity contribution in [3.63, 3.8) is 0 Å². The second kappa shape index (κ2) is 4.56. The summed E-state index contributed by atoms with van der Waals surface area (Å²) in [6, 6.07) is -0.912. The van der Waals surface area contributed by atoms with Gasteiger partial charge in [0.1, 0.15) is 6.04 Å². The average Bonchev–Trinajstić information content (AvgIpc) is 1.85. The number of carbonyl (C=O) groups is 1. The highest BCUT2D eigenvalue weighted by Crippen LogP contribution is 1.88. The lowest BCUT2D eigenvalue weighted by molar-refractivity contribution is -0.137. The summed E-state index contributed by atoms with van der Waals surface area (Å²) in [5.74, 6) is -0.782. The van der Waals surface area contributed by atoms with Gasteiger partial charge in [-0.25, -0.2) is 0 Å². The summed E-state index contributed by atoms with van der Waals surface area (Å²) >= 11 is 3.69. The predicted octanol–water partition coefficient (Wildman–Crippen LogP) is -2.24. The van der Waals surface area contributed by atoms with E-state index in [1.165, 1.54) is 0 Å². The Hall–Kier alpha value is -0.235. The molecule has 0 bridgehead atoms. The largest absolute Gasteiger partial charge is 0.709 e. The molecule has 5 nitrogen and oxygen atoms in total. The lowest BCUT2D eigenvalue weighted by atomic mass is 10.2. The molecule has 0 saturated heterocycles. The van der Waals surface area contributed by atoms with Gasteiger partial charge in [0.15, 0.2) is 0 Å². The van der Waals surface area contributed by atoms with E-state index in [-0.39, 0.29) is 5.75 Å². The molecule has 4 N–H and O–H groups in total. The van der Waals surface area contributed by atoms with Crippen molar-refractivity contribution < 1.29 is 19.5 Å². The van der Waals surface area contributed by atoms with Gasteiger partial charge in [-0.1, -0.05) is 0 Å². The number of hydrogen-bond donors (Lipinski definition) is 4. The molecule has 0 heterocycles. The highest BCUT2D eigenvalue weighted by molar-refractivity contribution is 7.80. The number of carbonyl (C=O) groups excluding carboxylic acids is 1. The maximum Gasteiger partial charge on any atom is 0.709 e. The van der Waals surface area contributed by atoms with Crippen LogP contribution in [0.1, 0.15) is 0 Å². The predicted molar refractivity (Wildman–Crippen MR) is 38.1 cm³/mol. The second-order valence-electron chi connectivity index (χ2n) is 1.55. The van der Waals surface area contributed by atoms with Gasteiger partial charge in [-0.3, -0.25) is 4.79 Å². The van der Waals surface area contributed by atoms with Gasteiger partial charge < -0.3 is 20.4 Å². The van der Waals surface area contributed by atoms with Crippen LogP contribution >= 0.6 is 12.6 Å². The number of thiol groups is 1. The van der Waals surface area contributed by atoms with E-state index in [1.54, 1.807) is 0 Å². The van der Waals surface area contributed by atoms with E-state index in [0.29, 0.717) is 0 Å². The Kier molecular flexibility index (Phi) is 4.45. The van der Waals surface area contributed by atoms with Gasteiger partial charge in [-0.15, -0.1) is 0 Å². The fraction of sp³-hybridized carbons (Fsp3) is 0.667. The third-order valence-electron chi connectivity index (χ3n) is 0.721. The molecule has 0 fully saturated rings. The zero-order valence-electron chi connectivity index (χ0n) is 5.10. The van der Waals surface area contributed by atoms with Crippen LogP contribution in [0.5, 0.6) is 0 Å². The summed E-state index contributed by atoms with van der Waals surface area (Å²) in [4.78, 5) is 10.5. The van der Waals surface area contributed by atoms with Crippen LogP contribution in [0.15, 0.2) is 0 Å². The third kappa shape index (κ3) is 3.73. The molecule has 7 heteroatoms. The molecule has 1 atom stereocenters. The maximum absolute atomic E-state index is 10.5. The molecule has 0 aliphatic heterocycles. The summed E-state index contributed by atoms with van der Waals surface area (Å²) in [5.41, 5.74) is 5.09. The van der Waals surface area contributed by atoms with E-state index in [2.05, 4.69) is 17.3 Å². The highest BCUT2D eigenvalue weighted by atomic mass is 32.1. The Morgan fingerprint density at radius 2 is 2.30 bits per heavy atom. The highest BCUT2D eigenvalue weighted by Gasteiger charge is 2.20. The minimum absolute atomic E-state index is 0.103. The minimum Gasteiger partial charge on any atom is -0.484 e. The minimum atomic E-state index is -2.10. The topological polar surface area (TPSA) is 92.8 Å². The summed E-state index contributed by atoms with van der Waals surface area (Å²) in [6.45, 7) is 0. The van der Waals surface area contributed by atoms with Crippen molar-refractivity contribution in [2.75, 3.05) is 5.75 Å². The smallest absolute Gasteiger partial charge is 0.484 e. The number of hydrogen-bond acceptors (Lipinski definition) is 6. The van der Waals surface area contributed by atoms with Crippen LogP contribution in [0.4, 0.5) is 0 Å². The lowest BCUT2D eigenvalue weighted by Crippen LogP contribution is -2.37. The first-order valence-corrected chi connectivity index (χ1v) is 3.14. The van der Waals surface area contributed by atoms with Crippen LogP contribution in [0, 0.1) is 0 Å². The maximum atomic E-state index is 10.5. The van der Waals surface area contributed by atoms with E-state index in [4.69, 9.17) is 15.8 Å². The van der Waals surface area contributed by atoms with Gasteiger partial charge in [0.2, 0.25) is 0 Å². The zero-order chi connectivity index (χ0) is 8.15. The molecule has 0 aromatic carbocycles. The van der Waals surface area contributed by atoms with E-state index >= 15 is 0 Å². The molecule has 0 aromatic heterocycles. The first kappa shape index (κ1) is 9.76. The van der Waals surface area contributed by atoms with Crippen LogP contribution in [0.2, 0.25) is 0 Å². The first-order chi connectivity index (χ1) is 4.57. The monoisotopic (exact) mass is 165 g/mol. The molecule has 0 aromatic rings. The van der Waals surface area contributed by atoms with Gasteiger partial charge >= 0.3 is 13.3 Å². The van der Waals surface area contributed by atoms with Gasteiger partial charge in [0.05, 0.1) is 0 Å². The van der Waals surface area contributed by atoms with Crippen molar-refractivity contribution in [1.82, 2.24) is 0 Å². The molecule has 10 heavy (non-hydrogen) atoms. The number of nitrogens with two attached hydrogens (primary N) is 1. The molecule has 0 rings (SSSR count). The molecule has 0 aliphatic carbocycles. The van der Waals surface area contributed by atoms with Gasteiger partial charge in [-0.2, -0.15) is 12.6 Å². The Morgan fingerprint density at radius 1 is 1.80 bits per heavy atom. The average molecular weight is 165 g/mol. The van der Waals surface area contributed by atoms with E-state index in [0.717, 1.165) is 0 Å². The Morgan fingerprint density at radius 3 is 2.60 bits per heavy atom. The van der Waals surface area contributed by atoms with E-state index in [1.807, 2.05) is 0 Å². The van der Waals surface area contributed by atoms with Gasteiger partial charge in [-0.05, 0) is 0 Å². The van der Waals surface area contributed by atoms with Gasteiger partial charge in [0.25, 0.3) is 0 Å². The Bertz CT molecular complexity index is 121. The zero-order valence-corrected chi connectivity index (χ0v) is 5.99. The molecule has 0 saturated carbocycles.